The molecular formula is C15H22ClFN2O. The highest BCUT2D eigenvalue weighted by molar-refractivity contribution is 6.31. The maximum atomic E-state index is 13.7. The number of nitrogens with two attached hydrogens (primary N) is 1. The van der Waals surface area contributed by atoms with Crippen molar-refractivity contribution in [3.8, 4) is 0 Å². The highest BCUT2D eigenvalue weighted by atomic mass is 35.5. The third kappa shape index (κ3) is 4.42. The number of hydrogen-bond donors (Lipinski definition) is 1. The second-order valence-electron chi connectivity index (χ2n) is 5.19. The molecule has 1 saturated heterocycles. The fraction of sp³-hybridized carbons (Fsp3) is 0.600. The molecule has 0 aliphatic carbocycles. The van der Waals surface area contributed by atoms with Gasteiger partial charge in [-0.05, 0) is 37.9 Å². The van der Waals surface area contributed by atoms with E-state index in [1.165, 1.54) is 6.07 Å². The quantitative estimate of drug-likeness (QED) is 0.821. The van der Waals surface area contributed by atoms with Gasteiger partial charge in [-0.3, -0.25) is 4.90 Å². The van der Waals surface area contributed by atoms with Crippen LogP contribution in [0.5, 0.6) is 0 Å². The molecule has 0 atom stereocenters. The number of benzene rings is 1. The number of ether oxygens (including phenoxy) is 1. The Bertz CT molecular complexity index is 402. The first-order valence-electron chi connectivity index (χ1n) is 7.17. The van der Waals surface area contributed by atoms with Gasteiger partial charge in [0.1, 0.15) is 5.82 Å². The van der Waals surface area contributed by atoms with Crippen molar-refractivity contribution in [1.29, 1.82) is 0 Å². The molecule has 0 spiro atoms. The van der Waals surface area contributed by atoms with Crippen molar-refractivity contribution in [3.05, 3.63) is 34.6 Å². The van der Waals surface area contributed by atoms with Crippen LogP contribution in [-0.2, 0) is 11.3 Å². The summed E-state index contributed by atoms with van der Waals surface area (Å²) < 4.78 is 19.5. The minimum atomic E-state index is -0.223. The van der Waals surface area contributed by atoms with E-state index in [1.807, 2.05) is 0 Å². The van der Waals surface area contributed by atoms with E-state index in [4.69, 9.17) is 22.1 Å². The Morgan fingerprint density at radius 1 is 1.35 bits per heavy atom. The third-order valence-electron chi connectivity index (χ3n) is 3.68. The van der Waals surface area contributed by atoms with Crippen LogP contribution in [-0.4, -0.2) is 37.2 Å². The van der Waals surface area contributed by atoms with Crippen molar-refractivity contribution in [1.82, 2.24) is 4.90 Å². The van der Waals surface area contributed by atoms with Gasteiger partial charge >= 0.3 is 0 Å². The maximum Gasteiger partial charge on any atom is 0.129 e. The highest BCUT2D eigenvalue weighted by Crippen LogP contribution is 2.23. The number of nitrogens with zero attached hydrogens (tertiary/aromatic N) is 1. The molecule has 2 N–H and O–H groups in total. The van der Waals surface area contributed by atoms with Gasteiger partial charge in [0.2, 0.25) is 0 Å². The van der Waals surface area contributed by atoms with E-state index >= 15 is 0 Å². The Balaban J connectivity index is 1.80. The molecule has 1 fully saturated rings. The summed E-state index contributed by atoms with van der Waals surface area (Å²) >= 11 is 6.06. The molecule has 3 nitrogen and oxygen atoms in total. The first kappa shape index (κ1) is 15.7. The molecule has 2 rings (SSSR count). The monoisotopic (exact) mass is 300 g/mol. The third-order valence-corrected chi connectivity index (χ3v) is 4.03. The smallest absolute Gasteiger partial charge is 0.129 e. The van der Waals surface area contributed by atoms with Gasteiger partial charge in [-0.2, -0.15) is 0 Å². The molecule has 1 aliphatic heterocycles. The van der Waals surface area contributed by atoms with Crippen molar-refractivity contribution in [2.24, 2.45) is 5.73 Å². The molecule has 20 heavy (non-hydrogen) atoms. The van der Waals surface area contributed by atoms with E-state index in [2.05, 4.69) is 4.90 Å². The Kier molecular flexibility index (Phi) is 6.23. The zero-order valence-electron chi connectivity index (χ0n) is 11.7. The van der Waals surface area contributed by atoms with Crippen molar-refractivity contribution in [2.45, 2.75) is 31.9 Å². The second-order valence-corrected chi connectivity index (χ2v) is 5.60. The van der Waals surface area contributed by atoms with E-state index in [-0.39, 0.29) is 5.82 Å². The molecule has 1 aliphatic rings. The van der Waals surface area contributed by atoms with E-state index in [0.29, 0.717) is 29.8 Å². The fourth-order valence-electron chi connectivity index (χ4n) is 2.47. The summed E-state index contributed by atoms with van der Waals surface area (Å²) in [4.78, 5) is 2.23. The zero-order valence-corrected chi connectivity index (χ0v) is 12.4. The van der Waals surface area contributed by atoms with Gasteiger partial charge in [0.25, 0.3) is 0 Å². The lowest BCUT2D eigenvalue weighted by molar-refractivity contribution is 0.00547. The van der Waals surface area contributed by atoms with Crippen molar-refractivity contribution >= 4 is 11.6 Å². The lowest BCUT2D eigenvalue weighted by atomic mass is 10.1. The summed E-state index contributed by atoms with van der Waals surface area (Å²) in [6.07, 6.45) is 3.19. The number of hydrogen-bond acceptors (Lipinski definition) is 3. The molecule has 5 heteroatoms. The molecule has 0 aromatic heterocycles. The summed E-state index contributed by atoms with van der Waals surface area (Å²) in [7, 11) is 0. The largest absolute Gasteiger partial charge is 0.378 e. The van der Waals surface area contributed by atoms with Crippen LogP contribution in [0.3, 0.4) is 0 Å². The van der Waals surface area contributed by atoms with Crippen LogP contribution in [0, 0.1) is 5.82 Å². The minimum Gasteiger partial charge on any atom is -0.378 e. The molecule has 0 radical (unpaired) electrons. The molecule has 0 bridgehead atoms. The van der Waals surface area contributed by atoms with Crippen molar-refractivity contribution in [2.75, 3.05) is 26.2 Å². The van der Waals surface area contributed by atoms with Gasteiger partial charge in [0, 0.05) is 36.8 Å². The molecule has 0 unspecified atom stereocenters. The van der Waals surface area contributed by atoms with Crippen molar-refractivity contribution < 1.29 is 9.13 Å². The van der Waals surface area contributed by atoms with E-state index in [9.17, 15) is 4.39 Å². The van der Waals surface area contributed by atoms with Crippen LogP contribution in [0.25, 0.3) is 0 Å². The molecule has 0 amide bonds. The van der Waals surface area contributed by atoms with Crippen LogP contribution in [0.15, 0.2) is 18.2 Å². The standard InChI is InChI=1S/C15H22ClFN2O/c16-14-3-1-4-15(17)13(14)11-19-8-5-12(6-9-19)20-10-2-7-18/h1,3-4,12H,2,5-11,18H2. The normalized spacial score (nSPS) is 17.6. The lowest BCUT2D eigenvalue weighted by Gasteiger charge is -2.32. The van der Waals surface area contributed by atoms with E-state index < -0.39 is 0 Å². The van der Waals surface area contributed by atoms with Gasteiger partial charge < -0.3 is 10.5 Å². The van der Waals surface area contributed by atoms with Gasteiger partial charge in [0.15, 0.2) is 0 Å². The summed E-state index contributed by atoms with van der Waals surface area (Å²) in [5.74, 6) is -0.223. The topological polar surface area (TPSA) is 38.5 Å². The predicted molar refractivity (Wildman–Crippen MR) is 79.3 cm³/mol. The predicted octanol–water partition coefficient (Wildman–Crippen LogP) is 2.81. The SMILES string of the molecule is NCCCOC1CCN(Cc2c(F)cccc2Cl)CC1. The molecule has 112 valence electrons. The first-order valence-corrected chi connectivity index (χ1v) is 7.55. The van der Waals surface area contributed by atoms with Gasteiger partial charge in [0.05, 0.1) is 6.10 Å². The number of halogens is 2. The van der Waals surface area contributed by atoms with Gasteiger partial charge in [-0.15, -0.1) is 0 Å². The van der Waals surface area contributed by atoms with E-state index in [1.54, 1.807) is 12.1 Å². The first-order chi connectivity index (χ1) is 9.70. The minimum absolute atomic E-state index is 0.223. The Morgan fingerprint density at radius 3 is 2.75 bits per heavy atom. The van der Waals surface area contributed by atoms with Crippen LogP contribution < -0.4 is 5.73 Å². The Morgan fingerprint density at radius 2 is 2.10 bits per heavy atom. The number of likely N-dealkylation sites (tertiary alicyclic amines) is 1. The Hall–Kier alpha value is -0.680. The Labute approximate surface area is 124 Å². The second kappa shape index (κ2) is 7.93. The van der Waals surface area contributed by atoms with Crippen LogP contribution in [0.4, 0.5) is 4.39 Å². The average molecular weight is 301 g/mol. The molecular weight excluding hydrogens is 279 g/mol. The summed E-state index contributed by atoms with van der Waals surface area (Å²) in [6, 6.07) is 4.84. The van der Waals surface area contributed by atoms with Crippen LogP contribution in [0.1, 0.15) is 24.8 Å². The van der Waals surface area contributed by atoms with Gasteiger partial charge in [-0.1, -0.05) is 17.7 Å². The van der Waals surface area contributed by atoms with Gasteiger partial charge in [-0.25, -0.2) is 4.39 Å². The maximum absolute atomic E-state index is 13.7. The summed E-state index contributed by atoms with van der Waals surface area (Å²) in [6.45, 7) is 3.81. The zero-order chi connectivity index (χ0) is 14.4. The molecule has 0 saturated carbocycles. The number of rotatable bonds is 6. The van der Waals surface area contributed by atoms with Crippen molar-refractivity contribution in [3.63, 3.8) is 0 Å². The highest BCUT2D eigenvalue weighted by Gasteiger charge is 2.21. The number of piperidine rings is 1. The summed E-state index contributed by atoms with van der Waals surface area (Å²) in [5.41, 5.74) is 6.04. The molecule has 1 aromatic carbocycles. The molecule has 1 aromatic rings. The van der Waals surface area contributed by atoms with Crippen LogP contribution in [0.2, 0.25) is 5.02 Å². The lowest BCUT2D eigenvalue weighted by Crippen LogP contribution is -2.37. The fourth-order valence-corrected chi connectivity index (χ4v) is 2.70. The molecule has 1 heterocycles. The van der Waals surface area contributed by atoms with E-state index in [0.717, 1.165) is 39.0 Å². The average Bonchev–Trinajstić information content (AvgIpc) is 2.45. The summed E-state index contributed by atoms with van der Waals surface area (Å²) in [5, 5.41) is 0.506. The van der Waals surface area contributed by atoms with Crippen LogP contribution >= 0.6 is 11.6 Å².